The molecule has 9 nitrogen and oxygen atoms in total. The van der Waals surface area contributed by atoms with E-state index in [4.69, 9.17) is 15.0 Å². The van der Waals surface area contributed by atoms with Gasteiger partial charge in [0.25, 0.3) is 11.7 Å². The van der Waals surface area contributed by atoms with E-state index in [0.717, 1.165) is 0 Å². The van der Waals surface area contributed by atoms with E-state index in [0.29, 0.717) is 18.8 Å². The number of aromatic nitrogens is 5. The van der Waals surface area contributed by atoms with Crippen molar-refractivity contribution in [1.82, 2.24) is 25.1 Å². The van der Waals surface area contributed by atoms with Crippen molar-refractivity contribution in [2.24, 2.45) is 5.73 Å². The summed E-state index contributed by atoms with van der Waals surface area (Å²) in [6.45, 7) is 2.92. The van der Waals surface area contributed by atoms with E-state index in [-0.39, 0.29) is 18.3 Å². The molecule has 96 valence electrons. The van der Waals surface area contributed by atoms with Crippen molar-refractivity contribution < 1.29 is 14.1 Å². The molecule has 0 atom stereocenters. The summed E-state index contributed by atoms with van der Waals surface area (Å²) in [4.78, 5) is 15.2. The zero-order valence-corrected chi connectivity index (χ0v) is 9.74. The lowest BCUT2D eigenvalue weighted by Crippen LogP contribution is -2.10. The molecule has 2 heterocycles. The lowest BCUT2D eigenvalue weighted by Gasteiger charge is -1.93. The standard InChI is InChI=1S/C9H12N6O3/c1-2-17-9(16)7-11-8(18-13-7)6-5-15(4-3-10)14-12-6/h5H,2-4,10H2,1H3. The molecule has 0 amide bonds. The number of ether oxygens (including phenoxy) is 1. The molecule has 9 heteroatoms. The third kappa shape index (κ3) is 2.51. The van der Waals surface area contributed by atoms with Crippen molar-refractivity contribution in [3.05, 3.63) is 12.0 Å². The number of carbonyl (C=O) groups is 1. The fraction of sp³-hybridized carbons (Fsp3) is 0.444. The van der Waals surface area contributed by atoms with Gasteiger partial charge < -0.3 is 15.0 Å². The molecule has 2 rings (SSSR count). The fourth-order valence-electron chi connectivity index (χ4n) is 1.24. The summed E-state index contributed by atoms with van der Waals surface area (Å²) in [5.41, 5.74) is 5.77. The number of nitrogens with two attached hydrogens (primary N) is 1. The minimum atomic E-state index is -0.637. The van der Waals surface area contributed by atoms with E-state index in [2.05, 4.69) is 20.5 Å². The number of hydrogen-bond acceptors (Lipinski definition) is 8. The van der Waals surface area contributed by atoms with Gasteiger partial charge in [0.05, 0.1) is 19.3 Å². The molecule has 2 N–H and O–H groups in total. The van der Waals surface area contributed by atoms with Crippen LogP contribution in [0.25, 0.3) is 11.6 Å². The number of carbonyl (C=O) groups excluding carboxylic acids is 1. The van der Waals surface area contributed by atoms with Gasteiger partial charge in [0.15, 0.2) is 5.69 Å². The highest BCUT2D eigenvalue weighted by Crippen LogP contribution is 2.13. The van der Waals surface area contributed by atoms with E-state index in [1.165, 1.54) is 0 Å². The Bertz CT molecular complexity index is 534. The van der Waals surface area contributed by atoms with Crippen LogP contribution in [0.1, 0.15) is 17.5 Å². The van der Waals surface area contributed by atoms with Gasteiger partial charge in [-0.2, -0.15) is 4.98 Å². The Balaban J connectivity index is 2.15. The van der Waals surface area contributed by atoms with Gasteiger partial charge in [0.1, 0.15) is 0 Å². The Hall–Kier alpha value is -2.29. The maximum atomic E-state index is 11.3. The van der Waals surface area contributed by atoms with Gasteiger partial charge in [-0.15, -0.1) is 5.10 Å². The van der Waals surface area contributed by atoms with Crippen LogP contribution < -0.4 is 5.73 Å². The third-order valence-electron chi connectivity index (χ3n) is 2.00. The number of nitrogens with zero attached hydrogens (tertiary/aromatic N) is 5. The Kier molecular flexibility index (Phi) is 3.63. The molecule has 0 unspecified atom stereocenters. The van der Waals surface area contributed by atoms with Gasteiger partial charge in [-0.25, -0.2) is 4.79 Å². The first-order valence-electron chi connectivity index (χ1n) is 5.36. The first kappa shape index (κ1) is 12.2. The molecule has 0 saturated heterocycles. The Morgan fingerprint density at radius 1 is 1.61 bits per heavy atom. The molecular formula is C9H12N6O3. The van der Waals surface area contributed by atoms with Crippen LogP contribution in [0.4, 0.5) is 0 Å². The van der Waals surface area contributed by atoms with E-state index < -0.39 is 5.97 Å². The molecule has 0 aliphatic carbocycles. The van der Waals surface area contributed by atoms with Crippen LogP contribution in [-0.2, 0) is 11.3 Å². The number of esters is 1. The molecule has 0 fully saturated rings. The second kappa shape index (κ2) is 5.36. The van der Waals surface area contributed by atoms with Crippen LogP contribution in [-0.4, -0.2) is 44.3 Å². The molecule has 18 heavy (non-hydrogen) atoms. The van der Waals surface area contributed by atoms with Gasteiger partial charge in [0.2, 0.25) is 0 Å². The second-order valence-corrected chi connectivity index (χ2v) is 3.30. The first-order valence-corrected chi connectivity index (χ1v) is 5.36. The number of hydrogen-bond donors (Lipinski definition) is 1. The predicted octanol–water partition coefficient (Wildman–Crippen LogP) is -0.537. The highest BCUT2D eigenvalue weighted by atomic mass is 16.5. The Labute approximate surface area is 102 Å². The highest BCUT2D eigenvalue weighted by molar-refractivity contribution is 5.85. The first-order chi connectivity index (χ1) is 8.74. The minimum absolute atomic E-state index is 0.112. The van der Waals surface area contributed by atoms with E-state index >= 15 is 0 Å². The van der Waals surface area contributed by atoms with Crippen LogP contribution in [0.3, 0.4) is 0 Å². The largest absolute Gasteiger partial charge is 0.460 e. The Morgan fingerprint density at radius 3 is 3.17 bits per heavy atom. The molecular weight excluding hydrogens is 240 g/mol. The van der Waals surface area contributed by atoms with Crippen LogP contribution >= 0.6 is 0 Å². The smallest absolute Gasteiger partial charge is 0.379 e. The maximum Gasteiger partial charge on any atom is 0.379 e. The molecule has 2 aromatic heterocycles. The summed E-state index contributed by atoms with van der Waals surface area (Å²) in [6, 6.07) is 0. The second-order valence-electron chi connectivity index (χ2n) is 3.30. The highest BCUT2D eigenvalue weighted by Gasteiger charge is 2.18. The molecule has 0 saturated carbocycles. The fourth-order valence-corrected chi connectivity index (χ4v) is 1.24. The van der Waals surface area contributed by atoms with Crippen molar-refractivity contribution in [2.75, 3.05) is 13.2 Å². The minimum Gasteiger partial charge on any atom is -0.460 e. The van der Waals surface area contributed by atoms with Crippen molar-refractivity contribution in [2.45, 2.75) is 13.5 Å². The summed E-state index contributed by atoms with van der Waals surface area (Å²) >= 11 is 0. The lowest BCUT2D eigenvalue weighted by molar-refractivity contribution is 0.0508. The molecule has 0 spiro atoms. The third-order valence-corrected chi connectivity index (χ3v) is 2.00. The zero-order chi connectivity index (χ0) is 13.0. The molecule has 2 aromatic rings. The van der Waals surface area contributed by atoms with Gasteiger partial charge >= 0.3 is 5.97 Å². The van der Waals surface area contributed by atoms with E-state index in [1.807, 2.05) is 0 Å². The summed E-state index contributed by atoms with van der Waals surface area (Å²) in [7, 11) is 0. The van der Waals surface area contributed by atoms with E-state index in [9.17, 15) is 4.79 Å². The predicted molar refractivity (Wildman–Crippen MR) is 58.3 cm³/mol. The van der Waals surface area contributed by atoms with Gasteiger partial charge in [0, 0.05) is 6.54 Å². The van der Waals surface area contributed by atoms with E-state index in [1.54, 1.807) is 17.8 Å². The molecule has 0 aliphatic rings. The quantitative estimate of drug-likeness (QED) is 0.704. The van der Waals surface area contributed by atoms with Crippen LogP contribution in [0.15, 0.2) is 10.7 Å². The number of rotatable bonds is 5. The van der Waals surface area contributed by atoms with Crippen LogP contribution in [0.5, 0.6) is 0 Å². The van der Waals surface area contributed by atoms with Crippen molar-refractivity contribution >= 4 is 5.97 Å². The maximum absolute atomic E-state index is 11.3. The lowest BCUT2D eigenvalue weighted by atomic mass is 10.5. The summed E-state index contributed by atoms with van der Waals surface area (Å²) in [5.74, 6) is -0.664. The van der Waals surface area contributed by atoms with Crippen molar-refractivity contribution in [3.63, 3.8) is 0 Å². The van der Waals surface area contributed by atoms with Crippen LogP contribution in [0, 0.1) is 0 Å². The zero-order valence-electron chi connectivity index (χ0n) is 9.74. The van der Waals surface area contributed by atoms with Crippen molar-refractivity contribution in [1.29, 1.82) is 0 Å². The monoisotopic (exact) mass is 252 g/mol. The van der Waals surface area contributed by atoms with Gasteiger partial charge in [-0.3, -0.25) is 4.68 Å². The molecule has 0 radical (unpaired) electrons. The van der Waals surface area contributed by atoms with Gasteiger partial charge in [-0.05, 0) is 12.1 Å². The van der Waals surface area contributed by atoms with Crippen LogP contribution in [0.2, 0.25) is 0 Å². The topological polar surface area (TPSA) is 122 Å². The molecule has 0 bridgehead atoms. The normalized spacial score (nSPS) is 10.6. The SMILES string of the molecule is CCOC(=O)c1noc(-c2cn(CCN)nn2)n1. The van der Waals surface area contributed by atoms with Gasteiger partial charge in [-0.1, -0.05) is 5.21 Å². The molecule has 0 aromatic carbocycles. The summed E-state index contributed by atoms with van der Waals surface area (Å²) in [6.07, 6.45) is 1.61. The summed E-state index contributed by atoms with van der Waals surface area (Å²) < 4.78 is 11.2. The Morgan fingerprint density at radius 2 is 2.44 bits per heavy atom. The van der Waals surface area contributed by atoms with Crippen molar-refractivity contribution in [3.8, 4) is 11.6 Å². The summed E-state index contributed by atoms with van der Waals surface area (Å²) in [5, 5.41) is 11.2. The molecule has 0 aliphatic heterocycles. The average Bonchev–Trinajstić information content (AvgIpc) is 2.97. The average molecular weight is 252 g/mol.